The Bertz CT molecular complexity index is 885. The van der Waals surface area contributed by atoms with E-state index in [0.717, 1.165) is 42.7 Å². The molecule has 2 bridgehead atoms. The molecule has 0 spiro atoms. The van der Waals surface area contributed by atoms with E-state index in [9.17, 15) is 19.2 Å². The van der Waals surface area contributed by atoms with E-state index >= 15 is 0 Å². The molecule has 2 amide bonds. The second kappa shape index (κ2) is 7.03. The Morgan fingerprint density at radius 1 is 1.10 bits per heavy atom. The lowest BCUT2D eigenvalue weighted by Gasteiger charge is -2.37. The molecule has 0 radical (unpaired) electrons. The quantitative estimate of drug-likeness (QED) is 0.422. The predicted octanol–water partition coefficient (Wildman–Crippen LogP) is 0.0571. The summed E-state index contributed by atoms with van der Waals surface area (Å²) in [4.78, 5) is 52.2. The predicted molar refractivity (Wildman–Crippen MR) is 104 cm³/mol. The number of nitrogens with zero attached hydrogens (tertiary/aromatic N) is 2. The van der Waals surface area contributed by atoms with E-state index in [-0.39, 0.29) is 12.3 Å². The molecule has 1 aromatic carbocycles. The van der Waals surface area contributed by atoms with Crippen LogP contribution in [0.15, 0.2) is 18.2 Å². The molecule has 0 aliphatic carbocycles. The van der Waals surface area contributed by atoms with Crippen molar-refractivity contribution in [3.8, 4) is 0 Å². The van der Waals surface area contributed by atoms with Crippen LogP contribution >= 0.6 is 0 Å². The van der Waals surface area contributed by atoms with Gasteiger partial charge in [-0.2, -0.15) is 0 Å². The number of ketones is 1. The lowest BCUT2D eigenvalue weighted by Crippen LogP contribution is -2.52. The van der Waals surface area contributed by atoms with Crippen LogP contribution in [-0.2, 0) is 25.7 Å². The third-order valence-electron chi connectivity index (χ3n) is 6.78. The number of Topliss-reactive ketones (excluding diaryl/α,β-unsaturated/α-hetero) is 1. The highest BCUT2D eigenvalue weighted by molar-refractivity contribution is 6.27. The number of benzene rings is 1. The summed E-state index contributed by atoms with van der Waals surface area (Å²) in [6.07, 6.45) is 3.23. The summed E-state index contributed by atoms with van der Waals surface area (Å²) < 4.78 is 0. The third kappa shape index (κ3) is 2.98. The maximum Gasteiger partial charge on any atom is 0.243 e. The average Bonchev–Trinajstić information content (AvgIpc) is 3.20. The molecule has 4 aliphatic rings. The van der Waals surface area contributed by atoms with E-state index in [1.807, 2.05) is 12.1 Å². The minimum absolute atomic E-state index is 0.237. The first-order chi connectivity index (χ1) is 14.1. The highest BCUT2D eigenvalue weighted by Gasteiger charge is 2.44. The Morgan fingerprint density at radius 2 is 1.86 bits per heavy atom. The first-order valence-corrected chi connectivity index (χ1v) is 10.3. The Balaban J connectivity index is 1.49. The van der Waals surface area contributed by atoms with E-state index in [4.69, 9.17) is 0 Å². The van der Waals surface area contributed by atoms with Crippen molar-refractivity contribution in [1.82, 2.24) is 15.5 Å². The molecule has 3 saturated heterocycles. The maximum absolute atomic E-state index is 12.6. The molecule has 1 aromatic rings. The molecular formula is C21H24N4O4. The Labute approximate surface area is 168 Å². The zero-order valence-corrected chi connectivity index (χ0v) is 16.1. The number of hydrogen-bond acceptors (Lipinski definition) is 7. The summed E-state index contributed by atoms with van der Waals surface area (Å²) in [5, 5.41) is 5.83. The highest BCUT2D eigenvalue weighted by Crippen LogP contribution is 2.41. The van der Waals surface area contributed by atoms with Crippen molar-refractivity contribution >= 4 is 29.6 Å². The standard InChI is InChI=1S/C21H24N4O4/c26-11-18(27)20-16-7-13(25-14-3-4-15(25)9-22-8-14)2-1-12(16)10-24(20)17-5-6-19(28)23-21(17)29/h1-2,7,11,14-15,17,20,22H,3-6,8-10H2,(H,23,28,29). The summed E-state index contributed by atoms with van der Waals surface area (Å²) in [7, 11) is 0. The largest absolute Gasteiger partial charge is 0.363 e. The van der Waals surface area contributed by atoms with Crippen LogP contribution in [0.25, 0.3) is 0 Å². The fourth-order valence-corrected chi connectivity index (χ4v) is 5.48. The first kappa shape index (κ1) is 18.4. The molecule has 8 heteroatoms. The molecule has 29 heavy (non-hydrogen) atoms. The molecule has 4 atom stereocenters. The number of piperazine rings is 1. The van der Waals surface area contributed by atoms with Gasteiger partial charge in [-0.05, 0) is 42.5 Å². The van der Waals surface area contributed by atoms with Crippen LogP contribution in [-0.4, -0.2) is 60.0 Å². The van der Waals surface area contributed by atoms with E-state index < -0.39 is 23.8 Å². The average molecular weight is 396 g/mol. The topological polar surface area (TPSA) is 98.8 Å². The van der Waals surface area contributed by atoms with Crippen molar-refractivity contribution < 1.29 is 19.2 Å². The minimum atomic E-state index is -0.771. The maximum atomic E-state index is 12.6. The Morgan fingerprint density at radius 3 is 2.55 bits per heavy atom. The summed E-state index contributed by atoms with van der Waals surface area (Å²) in [6, 6.07) is 5.66. The lowest BCUT2D eigenvalue weighted by molar-refractivity contribution is -0.141. The van der Waals surface area contributed by atoms with E-state index in [0.29, 0.717) is 31.3 Å². The van der Waals surface area contributed by atoms with Crippen LogP contribution in [0.3, 0.4) is 0 Å². The van der Waals surface area contributed by atoms with Gasteiger partial charge in [-0.3, -0.25) is 29.4 Å². The number of carbonyl (C=O) groups is 4. The number of hydrogen-bond donors (Lipinski definition) is 2. The zero-order valence-electron chi connectivity index (χ0n) is 16.1. The van der Waals surface area contributed by atoms with E-state index in [1.54, 1.807) is 4.90 Å². The molecule has 4 heterocycles. The lowest BCUT2D eigenvalue weighted by atomic mass is 9.98. The zero-order chi connectivity index (χ0) is 20.1. The van der Waals surface area contributed by atoms with Gasteiger partial charge in [0.25, 0.3) is 0 Å². The number of carbonyl (C=O) groups excluding carboxylic acids is 4. The van der Waals surface area contributed by atoms with Crippen LogP contribution in [0.4, 0.5) is 5.69 Å². The van der Waals surface area contributed by atoms with Crippen molar-refractivity contribution in [2.75, 3.05) is 18.0 Å². The minimum Gasteiger partial charge on any atom is -0.363 e. The molecular weight excluding hydrogens is 372 g/mol. The smallest absolute Gasteiger partial charge is 0.243 e. The molecule has 5 rings (SSSR count). The van der Waals surface area contributed by atoms with Gasteiger partial charge in [0.1, 0.15) is 6.04 Å². The number of fused-ring (bicyclic) bond motifs is 3. The van der Waals surface area contributed by atoms with E-state index in [1.165, 1.54) is 0 Å². The van der Waals surface area contributed by atoms with Gasteiger partial charge in [-0.1, -0.05) is 6.07 Å². The van der Waals surface area contributed by atoms with Gasteiger partial charge in [0.2, 0.25) is 17.6 Å². The molecule has 8 nitrogen and oxygen atoms in total. The fourth-order valence-electron chi connectivity index (χ4n) is 5.48. The van der Waals surface area contributed by atoms with Crippen molar-refractivity contribution in [2.24, 2.45) is 0 Å². The van der Waals surface area contributed by atoms with Crippen LogP contribution in [0.5, 0.6) is 0 Å². The van der Waals surface area contributed by atoms with Crippen LogP contribution in [0, 0.1) is 0 Å². The van der Waals surface area contributed by atoms with Crippen LogP contribution < -0.4 is 15.5 Å². The van der Waals surface area contributed by atoms with E-state index in [2.05, 4.69) is 21.6 Å². The second-order valence-corrected chi connectivity index (χ2v) is 8.40. The monoisotopic (exact) mass is 396 g/mol. The van der Waals surface area contributed by atoms with Crippen molar-refractivity contribution in [3.05, 3.63) is 29.3 Å². The number of imide groups is 1. The highest BCUT2D eigenvalue weighted by atomic mass is 16.2. The molecule has 0 saturated carbocycles. The molecule has 152 valence electrons. The van der Waals surface area contributed by atoms with Gasteiger partial charge in [-0.15, -0.1) is 0 Å². The number of rotatable bonds is 4. The number of aldehydes is 1. The number of nitrogens with one attached hydrogen (secondary N) is 2. The van der Waals surface area contributed by atoms with Gasteiger partial charge in [0, 0.05) is 43.8 Å². The van der Waals surface area contributed by atoms with Crippen LogP contribution in [0.1, 0.15) is 42.9 Å². The van der Waals surface area contributed by atoms with Crippen molar-refractivity contribution in [1.29, 1.82) is 0 Å². The molecule has 0 aromatic heterocycles. The van der Waals surface area contributed by atoms with Crippen molar-refractivity contribution in [3.63, 3.8) is 0 Å². The summed E-state index contributed by atoms with van der Waals surface area (Å²) >= 11 is 0. The first-order valence-electron chi connectivity index (χ1n) is 10.3. The summed E-state index contributed by atoms with van der Waals surface area (Å²) in [5.41, 5.74) is 2.84. The summed E-state index contributed by atoms with van der Waals surface area (Å²) in [5.74, 6) is -1.23. The Kier molecular flexibility index (Phi) is 4.48. The number of amides is 2. The van der Waals surface area contributed by atoms with Gasteiger partial charge in [0.05, 0.1) is 6.04 Å². The Hall–Kier alpha value is -2.58. The fraction of sp³-hybridized carbons (Fsp3) is 0.524. The molecule has 3 fully saturated rings. The SMILES string of the molecule is O=CC(=O)C1c2cc(N3C4CCC3CNC4)ccc2CN1C1CCC(=O)NC1=O. The molecule has 2 N–H and O–H groups in total. The van der Waals surface area contributed by atoms with Gasteiger partial charge < -0.3 is 10.2 Å². The number of anilines is 1. The third-order valence-corrected chi connectivity index (χ3v) is 6.78. The van der Waals surface area contributed by atoms with Gasteiger partial charge in [0.15, 0.2) is 6.29 Å². The molecule has 4 unspecified atom stereocenters. The normalized spacial score (nSPS) is 31.5. The number of piperidine rings is 1. The van der Waals surface area contributed by atoms with Gasteiger partial charge in [-0.25, -0.2) is 0 Å². The van der Waals surface area contributed by atoms with Gasteiger partial charge >= 0.3 is 0 Å². The summed E-state index contributed by atoms with van der Waals surface area (Å²) in [6.45, 7) is 2.32. The van der Waals surface area contributed by atoms with Crippen molar-refractivity contribution in [2.45, 2.75) is 56.4 Å². The molecule has 4 aliphatic heterocycles. The van der Waals surface area contributed by atoms with Crippen LogP contribution in [0.2, 0.25) is 0 Å². The second-order valence-electron chi connectivity index (χ2n) is 8.40.